The van der Waals surface area contributed by atoms with Crippen molar-refractivity contribution in [2.45, 2.75) is 76.6 Å². The van der Waals surface area contributed by atoms with Crippen LogP contribution in [0.3, 0.4) is 0 Å². The van der Waals surface area contributed by atoms with Gasteiger partial charge >= 0.3 is 12.4 Å². The lowest BCUT2D eigenvalue weighted by molar-refractivity contribution is -0.143. The van der Waals surface area contributed by atoms with Crippen LogP contribution in [0.2, 0.25) is 0 Å². The predicted octanol–water partition coefficient (Wildman–Crippen LogP) is 9.27. The van der Waals surface area contributed by atoms with E-state index in [1.54, 1.807) is 6.07 Å². The van der Waals surface area contributed by atoms with Crippen LogP contribution in [0.1, 0.15) is 66.3 Å². The van der Waals surface area contributed by atoms with Crippen molar-refractivity contribution in [2.75, 3.05) is 23.0 Å². The van der Waals surface area contributed by atoms with Gasteiger partial charge in [-0.3, -0.25) is 0 Å². The molecule has 0 N–H and O–H groups in total. The van der Waals surface area contributed by atoms with Crippen molar-refractivity contribution in [1.82, 2.24) is 25.2 Å². The van der Waals surface area contributed by atoms with Gasteiger partial charge in [0.2, 0.25) is 0 Å². The SMILES string of the molecule is Cn1nnc(N(Cc2cc(C(F)(F)F)cc(C(F)(F)F)c2)Cc2cc3cc(F)c(F)cc3nc2N2CCC[C@@H]2C2CCC(COCc3ccccc3)CC2)n1. The fourth-order valence-electron chi connectivity index (χ4n) is 7.90. The summed E-state index contributed by atoms with van der Waals surface area (Å²) < 4.78 is 118. The smallest absolute Gasteiger partial charge is 0.376 e. The van der Waals surface area contributed by atoms with Crippen LogP contribution in [0, 0.1) is 23.5 Å². The zero-order valence-electron chi connectivity index (χ0n) is 29.9. The average Bonchev–Trinajstić information content (AvgIpc) is 3.81. The Kier molecular flexibility index (Phi) is 11.0. The van der Waals surface area contributed by atoms with Gasteiger partial charge in [0.15, 0.2) is 11.6 Å². The molecule has 1 saturated carbocycles. The van der Waals surface area contributed by atoms with Gasteiger partial charge in [0, 0.05) is 49.3 Å². The molecule has 8 nitrogen and oxygen atoms in total. The van der Waals surface area contributed by atoms with E-state index < -0.39 is 41.7 Å². The maximum absolute atomic E-state index is 14.5. The number of pyridine rings is 1. The fourth-order valence-corrected chi connectivity index (χ4v) is 7.90. The van der Waals surface area contributed by atoms with Gasteiger partial charge in [0.1, 0.15) is 5.82 Å². The number of tetrazole rings is 1. The highest BCUT2D eigenvalue weighted by Gasteiger charge is 2.38. The molecule has 0 bridgehead atoms. The fraction of sp³-hybridized carbons (Fsp3) is 0.436. The summed E-state index contributed by atoms with van der Waals surface area (Å²) in [5, 5.41) is 12.4. The first kappa shape index (κ1) is 38.4. The monoisotopic (exact) mass is 773 g/mol. The second-order valence-electron chi connectivity index (χ2n) is 14.5. The Bertz CT molecular complexity index is 2070. The molecule has 1 aliphatic heterocycles. The Labute approximate surface area is 312 Å². The minimum atomic E-state index is -5.04. The first-order chi connectivity index (χ1) is 26.2. The lowest BCUT2D eigenvalue weighted by Gasteiger charge is -2.38. The molecule has 0 unspecified atom stereocenters. The normalized spacial score (nSPS) is 19.4. The van der Waals surface area contributed by atoms with Crippen LogP contribution in [0.25, 0.3) is 10.9 Å². The number of aryl methyl sites for hydroxylation is 1. The van der Waals surface area contributed by atoms with Crippen molar-refractivity contribution < 1.29 is 39.9 Å². The molecule has 2 fully saturated rings. The molecule has 0 amide bonds. The zero-order valence-corrected chi connectivity index (χ0v) is 29.9. The van der Waals surface area contributed by atoms with Gasteiger partial charge < -0.3 is 14.5 Å². The van der Waals surface area contributed by atoms with E-state index in [1.807, 2.05) is 30.3 Å². The second kappa shape index (κ2) is 15.7. The van der Waals surface area contributed by atoms with Crippen molar-refractivity contribution in [2.24, 2.45) is 18.9 Å². The highest BCUT2D eigenvalue weighted by atomic mass is 19.4. The lowest BCUT2D eigenvalue weighted by atomic mass is 9.78. The molecule has 3 aromatic carbocycles. The minimum Gasteiger partial charge on any atom is -0.376 e. The Hall–Kier alpha value is -4.86. The first-order valence-electron chi connectivity index (χ1n) is 18.2. The van der Waals surface area contributed by atoms with Crippen molar-refractivity contribution in [3.05, 3.63) is 106 Å². The van der Waals surface area contributed by atoms with Crippen molar-refractivity contribution in [1.29, 1.82) is 0 Å². The molecule has 2 aliphatic rings. The number of ether oxygens (including phenoxy) is 1. The third-order valence-corrected chi connectivity index (χ3v) is 10.5. The van der Waals surface area contributed by atoms with E-state index in [9.17, 15) is 35.1 Å². The van der Waals surface area contributed by atoms with Gasteiger partial charge in [-0.1, -0.05) is 35.4 Å². The zero-order chi connectivity index (χ0) is 38.9. The van der Waals surface area contributed by atoms with Gasteiger partial charge in [0.05, 0.1) is 30.3 Å². The molecule has 5 aromatic rings. The number of fused-ring (bicyclic) bond motifs is 1. The van der Waals surface area contributed by atoms with Crippen molar-refractivity contribution >= 4 is 22.7 Å². The van der Waals surface area contributed by atoms with Crippen LogP contribution in [0.15, 0.2) is 66.7 Å². The summed E-state index contributed by atoms with van der Waals surface area (Å²) in [4.78, 5) is 9.54. The summed E-state index contributed by atoms with van der Waals surface area (Å²) >= 11 is 0. The van der Waals surface area contributed by atoms with Crippen molar-refractivity contribution in [3.8, 4) is 0 Å². The van der Waals surface area contributed by atoms with Crippen LogP contribution in [0.4, 0.5) is 46.9 Å². The number of anilines is 2. The van der Waals surface area contributed by atoms with E-state index in [4.69, 9.17) is 9.72 Å². The van der Waals surface area contributed by atoms with Gasteiger partial charge in [0.25, 0.3) is 5.95 Å². The summed E-state index contributed by atoms with van der Waals surface area (Å²) in [6.07, 6.45) is -4.49. The maximum atomic E-state index is 14.5. The van der Waals surface area contributed by atoms with Crippen molar-refractivity contribution in [3.63, 3.8) is 0 Å². The highest BCUT2D eigenvalue weighted by Crippen LogP contribution is 2.41. The largest absolute Gasteiger partial charge is 0.416 e. The van der Waals surface area contributed by atoms with Gasteiger partial charge in [-0.15, -0.1) is 5.10 Å². The van der Waals surface area contributed by atoms with Crippen LogP contribution >= 0.6 is 0 Å². The van der Waals surface area contributed by atoms with E-state index in [1.165, 1.54) is 11.9 Å². The number of hydrogen-bond acceptors (Lipinski definition) is 7. The number of halogens is 8. The van der Waals surface area contributed by atoms with Crippen LogP contribution < -0.4 is 9.80 Å². The van der Waals surface area contributed by atoms with E-state index in [2.05, 4.69) is 20.3 Å². The van der Waals surface area contributed by atoms with E-state index in [-0.39, 0.29) is 41.1 Å². The van der Waals surface area contributed by atoms with Crippen LogP contribution in [0.5, 0.6) is 0 Å². The molecule has 55 heavy (non-hydrogen) atoms. The van der Waals surface area contributed by atoms with Gasteiger partial charge in [-0.2, -0.15) is 31.1 Å². The number of benzene rings is 3. The molecule has 1 aliphatic carbocycles. The van der Waals surface area contributed by atoms with E-state index in [0.29, 0.717) is 55.1 Å². The Morgan fingerprint density at radius 3 is 2.15 bits per heavy atom. The Balaban J connectivity index is 1.18. The summed E-state index contributed by atoms with van der Waals surface area (Å²) in [5.74, 6) is -1.01. The molecule has 1 atom stereocenters. The first-order valence-corrected chi connectivity index (χ1v) is 18.2. The summed E-state index contributed by atoms with van der Waals surface area (Å²) in [5.41, 5.74) is -1.38. The molecule has 16 heteroatoms. The number of aromatic nitrogens is 5. The quantitative estimate of drug-likeness (QED) is 0.124. The van der Waals surface area contributed by atoms with E-state index >= 15 is 0 Å². The van der Waals surface area contributed by atoms with Crippen LogP contribution in [-0.2, 0) is 43.8 Å². The maximum Gasteiger partial charge on any atom is 0.416 e. The Morgan fingerprint density at radius 2 is 1.49 bits per heavy atom. The third-order valence-electron chi connectivity index (χ3n) is 10.5. The molecule has 0 spiro atoms. The standard InChI is InChI=1S/C39H39F8N7O/c1-52-50-37(49-51-52)53(20-26-14-30(38(42,43)44)18-31(15-26)39(45,46)47)21-29-16-28-17-32(40)33(41)19-34(28)48-36(29)54-13-5-8-35(54)27-11-9-25(10-12-27)23-55-22-24-6-3-2-4-7-24/h2-4,6-7,14-19,25,27,35H,5,8-13,20-23H2,1H3/t25?,27?,35-/m1/s1. The summed E-state index contributed by atoms with van der Waals surface area (Å²) in [6.45, 7) is 1.22. The predicted molar refractivity (Wildman–Crippen MR) is 189 cm³/mol. The molecule has 7 rings (SSSR count). The molecule has 2 aromatic heterocycles. The number of alkyl halides is 6. The molecule has 3 heterocycles. The summed E-state index contributed by atoms with van der Waals surface area (Å²) in [7, 11) is 1.47. The van der Waals surface area contributed by atoms with E-state index in [0.717, 1.165) is 61.0 Å². The topological polar surface area (TPSA) is 72.2 Å². The highest BCUT2D eigenvalue weighted by molar-refractivity contribution is 5.82. The minimum absolute atomic E-state index is 0.0596. The number of hydrogen-bond donors (Lipinski definition) is 0. The van der Waals surface area contributed by atoms with Gasteiger partial charge in [-0.25, -0.2) is 13.8 Å². The summed E-state index contributed by atoms with van der Waals surface area (Å²) in [6, 6.07) is 15.1. The molecule has 0 radical (unpaired) electrons. The van der Waals surface area contributed by atoms with Gasteiger partial charge in [-0.05, 0) is 97.0 Å². The number of rotatable bonds is 11. The average molecular weight is 774 g/mol. The molecular formula is C39H39F8N7O. The molecule has 292 valence electrons. The molecular weight excluding hydrogens is 734 g/mol. The Morgan fingerprint density at radius 1 is 0.800 bits per heavy atom. The third kappa shape index (κ3) is 9.00. The molecule has 1 saturated heterocycles. The lowest BCUT2D eigenvalue weighted by Crippen LogP contribution is -2.39. The number of nitrogens with zero attached hydrogens (tertiary/aromatic N) is 7. The van der Waals surface area contributed by atoms with Crippen LogP contribution in [-0.4, -0.2) is 44.4 Å². The second-order valence-corrected chi connectivity index (χ2v) is 14.5.